The van der Waals surface area contributed by atoms with Gasteiger partial charge in [-0.2, -0.15) is 0 Å². The first-order chi connectivity index (χ1) is 13.3. The second kappa shape index (κ2) is 10.5. The molecule has 8 nitrogen and oxygen atoms in total. The van der Waals surface area contributed by atoms with Crippen LogP contribution in [0.1, 0.15) is 18.2 Å². The molecule has 150 valence electrons. The van der Waals surface area contributed by atoms with Gasteiger partial charge in [0.2, 0.25) is 5.91 Å². The van der Waals surface area contributed by atoms with Crippen molar-refractivity contribution in [1.82, 2.24) is 10.1 Å². The first kappa shape index (κ1) is 21.5. The van der Waals surface area contributed by atoms with E-state index in [2.05, 4.69) is 10.5 Å². The summed E-state index contributed by atoms with van der Waals surface area (Å²) in [5.41, 5.74) is 0.988. The average molecular weight is 405 g/mol. The molecule has 0 aliphatic rings. The van der Waals surface area contributed by atoms with Crippen molar-refractivity contribution in [2.75, 3.05) is 24.7 Å². The van der Waals surface area contributed by atoms with Gasteiger partial charge in [-0.3, -0.25) is 14.4 Å². The summed E-state index contributed by atoms with van der Waals surface area (Å²) in [4.78, 5) is 37.4. The monoisotopic (exact) mass is 405 g/mol. The Bertz CT molecular complexity index is 809. The van der Waals surface area contributed by atoms with Crippen molar-refractivity contribution in [2.45, 2.75) is 25.6 Å². The number of rotatable bonds is 9. The van der Waals surface area contributed by atoms with Gasteiger partial charge < -0.3 is 19.5 Å². The Balaban J connectivity index is 1.67. The van der Waals surface area contributed by atoms with E-state index in [0.29, 0.717) is 18.1 Å². The summed E-state index contributed by atoms with van der Waals surface area (Å²) < 4.78 is 9.88. The molecule has 0 unspecified atom stereocenters. The van der Waals surface area contributed by atoms with Crippen molar-refractivity contribution < 1.29 is 23.6 Å². The van der Waals surface area contributed by atoms with Gasteiger partial charge in [-0.05, 0) is 19.4 Å². The van der Waals surface area contributed by atoms with E-state index in [4.69, 9.17) is 9.26 Å². The molecule has 2 rings (SSSR count). The fraction of sp³-hybridized carbons (Fsp3) is 0.368. The number of nitrogens with zero attached hydrogens (tertiary/aromatic N) is 2. The third kappa shape index (κ3) is 7.07. The van der Waals surface area contributed by atoms with Crippen molar-refractivity contribution in [2.24, 2.45) is 0 Å². The molecule has 0 radical (unpaired) electrons. The number of likely N-dealkylation sites (N-methyl/N-ethyl adjacent to an activating group) is 1. The predicted octanol–water partition coefficient (Wildman–Crippen LogP) is 2.25. The molecule has 0 spiro atoms. The fourth-order valence-corrected chi connectivity index (χ4v) is 2.84. The second-order valence-electron chi connectivity index (χ2n) is 6.16. The number of carbonyl (C=O) groups is 3. The number of hydrogen-bond acceptors (Lipinski definition) is 7. The van der Waals surface area contributed by atoms with Crippen LogP contribution in [-0.2, 0) is 25.7 Å². The standard InChI is InChI=1S/C19H23N3O5S/c1-13-9-16(21-27-13)20-19(25)14(2)28-12-18(24)26-11-17(23)22(3)10-15-7-5-4-6-8-15/h4-9,14H,10-12H2,1-3H3,(H,20,21,25)/t14-/m1/s1. The van der Waals surface area contributed by atoms with Gasteiger partial charge in [0.05, 0.1) is 11.0 Å². The topological polar surface area (TPSA) is 102 Å². The van der Waals surface area contributed by atoms with Crippen LogP contribution in [0.3, 0.4) is 0 Å². The molecule has 2 amide bonds. The van der Waals surface area contributed by atoms with E-state index in [9.17, 15) is 14.4 Å². The van der Waals surface area contributed by atoms with Crippen molar-refractivity contribution in [1.29, 1.82) is 0 Å². The van der Waals surface area contributed by atoms with Crippen LogP contribution >= 0.6 is 11.8 Å². The van der Waals surface area contributed by atoms with Gasteiger partial charge >= 0.3 is 5.97 Å². The highest BCUT2D eigenvalue weighted by Gasteiger charge is 2.18. The highest BCUT2D eigenvalue weighted by Crippen LogP contribution is 2.14. The van der Waals surface area contributed by atoms with Crippen molar-refractivity contribution in [3.05, 3.63) is 47.7 Å². The molecular weight excluding hydrogens is 382 g/mol. The molecule has 0 aliphatic heterocycles. The third-order valence-corrected chi connectivity index (χ3v) is 4.86. The van der Waals surface area contributed by atoms with Crippen LogP contribution in [-0.4, -0.2) is 52.5 Å². The number of aromatic nitrogens is 1. The number of nitrogens with one attached hydrogen (secondary N) is 1. The molecule has 28 heavy (non-hydrogen) atoms. The van der Waals surface area contributed by atoms with Gasteiger partial charge in [0.1, 0.15) is 5.76 Å². The highest BCUT2D eigenvalue weighted by molar-refractivity contribution is 8.01. The van der Waals surface area contributed by atoms with Gasteiger partial charge in [-0.15, -0.1) is 11.8 Å². The summed E-state index contributed by atoms with van der Waals surface area (Å²) in [6, 6.07) is 11.1. The van der Waals surface area contributed by atoms with E-state index < -0.39 is 11.2 Å². The first-order valence-electron chi connectivity index (χ1n) is 8.64. The van der Waals surface area contributed by atoms with Crippen molar-refractivity contribution in [3.8, 4) is 0 Å². The predicted molar refractivity (Wildman–Crippen MR) is 106 cm³/mol. The minimum absolute atomic E-state index is 0.0396. The maximum Gasteiger partial charge on any atom is 0.316 e. The SMILES string of the molecule is Cc1cc(NC(=O)[C@@H](C)SCC(=O)OCC(=O)N(C)Cc2ccccc2)no1. The number of anilines is 1. The second-order valence-corrected chi connectivity index (χ2v) is 7.49. The summed E-state index contributed by atoms with van der Waals surface area (Å²) in [6.45, 7) is 3.49. The van der Waals surface area contributed by atoms with E-state index in [1.165, 1.54) is 4.90 Å². The lowest BCUT2D eigenvalue weighted by molar-refractivity contribution is -0.149. The van der Waals surface area contributed by atoms with Crippen LogP contribution in [0.4, 0.5) is 5.82 Å². The van der Waals surface area contributed by atoms with Crippen molar-refractivity contribution >= 4 is 35.4 Å². The minimum atomic E-state index is -0.552. The van der Waals surface area contributed by atoms with E-state index in [0.717, 1.165) is 17.3 Å². The maximum absolute atomic E-state index is 12.1. The summed E-state index contributed by atoms with van der Waals surface area (Å²) in [5.74, 6) is -0.282. The largest absolute Gasteiger partial charge is 0.455 e. The molecule has 9 heteroatoms. The zero-order valence-electron chi connectivity index (χ0n) is 16.0. The van der Waals surface area contributed by atoms with Crippen LogP contribution in [0.2, 0.25) is 0 Å². The molecule has 0 saturated heterocycles. The molecule has 0 aliphatic carbocycles. The Labute approximate surface area is 167 Å². The summed E-state index contributed by atoms with van der Waals surface area (Å²) in [6.07, 6.45) is 0. The number of amides is 2. The Morgan fingerprint density at radius 3 is 2.64 bits per heavy atom. The molecule has 1 heterocycles. The molecule has 1 atom stereocenters. The molecule has 1 aromatic carbocycles. The fourth-order valence-electron chi connectivity index (χ4n) is 2.16. The first-order valence-corrected chi connectivity index (χ1v) is 9.69. The molecule has 0 saturated carbocycles. The lowest BCUT2D eigenvalue weighted by Crippen LogP contribution is -2.31. The molecule has 2 aromatic rings. The lowest BCUT2D eigenvalue weighted by atomic mass is 10.2. The summed E-state index contributed by atoms with van der Waals surface area (Å²) in [5, 5.41) is 5.78. The van der Waals surface area contributed by atoms with Crippen molar-refractivity contribution in [3.63, 3.8) is 0 Å². The van der Waals surface area contributed by atoms with Crippen LogP contribution < -0.4 is 5.32 Å². The third-order valence-electron chi connectivity index (χ3n) is 3.74. The van der Waals surface area contributed by atoms with E-state index in [1.54, 1.807) is 27.0 Å². The van der Waals surface area contributed by atoms with Gasteiger partial charge in [-0.1, -0.05) is 35.5 Å². The molecule has 0 fully saturated rings. The summed E-state index contributed by atoms with van der Waals surface area (Å²) >= 11 is 1.11. The smallest absolute Gasteiger partial charge is 0.316 e. The number of thioether (sulfide) groups is 1. The van der Waals surface area contributed by atoms with E-state index in [-0.39, 0.29) is 24.2 Å². The number of hydrogen-bond donors (Lipinski definition) is 1. The van der Waals surface area contributed by atoms with Gasteiger partial charge in [0.25, 0.3) is 5.91 Å². The number of ether oxygens (including phenoxy) is 1. The van der Waals surface area contributed by atoms with E-state index in [1.807, 2.05) is 30.3 Å². The summed E-state index contributed by atoms with van der Waals surface area (Å²) in [7, 11) is 1.65. The number of esters is 1. The number of aryl methyl sites for hydroxylation is 1. The zero-order chi connectivity index (χ0) is 20.5. The Kier molecular flexibility index (Phi) is 8.06. The maximum atomic E-state index is 12.1. The van der Waals surface area contributed by atoms with Crippen LogP contribution in [0.25, 0.3) is 0 Å². The Hall–Kier alpha value is -2.81. The normalized spacial score (nSPS) is 11.5. The van der Waals surface area contributed by atoms with Crippen LogP contribution in [0, 0.1) is 6.92 Å². The number of benzene rings is 1. The average Bonchev–Trinajstić information content (AvgIpc) is 3.09. The number of carbonyl (C=O) groups excluding carboxylic acids is 3. The van der Waals surface area contributed by atoms with E-state index >= 15 is 0 Å². The highest BCUT2D eigenvalue weighted by atomic mass is 32.2. The minimum Gasteiger partial charge on any atom is -0.455 e. The zero-order valence-corrected chi connectivity index (χ0v) is 16.8. The molecule has 1 N–H and O–H groups in total. The Morgan fingerprint density at radius 1 is 1.29 bits per heavy atom. The molecular formula is C19H23N3O5S. The van der Waals surface area contributed by atoms with Gasteiger partial charge in [0.15, 0.2) is 12.4 Å². The Morgan fingerprint density at radius 2 is 2.00 bits per heavy atom. The quantitative estimate of drug-likeness (QED) is 0.638. The van der Waals surface area contributed by atoms with Crippen LogP contribution in [0.5, 0.6) is 0 Å². The van der Waals surface area contributed by atoms with Crippen LogP contribution in [0.15, 0.2) is 40.9 Å². The molecule has 0 bridgehead atoms. The van der Waals surface area contributed by atoms with Gasteiger partial charge in [-0.25, -0.2) is 0 Å². The molecule has 1 aromatic heterocycles. The van der Waals surface area contributed by atoms with Gasteiger partial charge in [0, 0.05) is 19.7 Å². The lowest BCUT2D eigenvalue weighted by Gasteiger charge is -2.17.